The minimum Gasteiger partial charge on any atom is -0.322 e. The first-order chi connectivity index (χ1) is 17.8. The van der Waals surface area contributed by atoms with Crippen LogP contribution in [0.1, 0.15) is 27.2 Å². The molecule has 0 spiro atoms. The van der Waals surface area contributed by atoms with Crippen molar-refractivity contribution >= 4 is 23.7 Å². The van der Waals surface area contributed by atoms with Crippen LogP contribution in [-0.4, -0.2) is 23.8 Å². The van der Waals surface area contributed by atoms with Gasteiger partial charge in [0.25, 0.3) is 5.91 Å². The molecular weight excluding hydrogens is 479 g/mol. The van der Waals surface area contributed by atoms with Crippen LogP contribution >= 0.6 is 0 Å². The molecule has 0 atom stereocenters. The minimum absolute atomic E-state index is 0.371. The lowest BCUT2D eigenvalue weighted by atomic mass is 9.94. The molecule has 188 valence electrons. The number of nitrogens with one attached hydrogen (secondary N) is 1. The fourth-order valence-corrected chi connectivity index (χ4v) is 4.00. The number of aromatic nitrogens is 1. The van der Waals surface area contributed by atoms with Crippen molar-refractivity contribution in [3.63, 3.8) is 0 Å². The standard InChI is InChI=1S/C29H24F3N3O2/c1-20-5-4-7-26(21-8-10-22(11-9-21)29(30,31)32)27(20)28(37)34-24-12-14-25(15-13-24)35(19-36)18-16-23-6-2-3-17-33-23/h2-15,17,19H,16,18H2,1H3,(H,34,37). The van der Waals surface area contributed by atoms with E-state index in [1.54, 1.807) is 60.5 Å². The summed E-state index contributed by atoms with van der Waals surface area (Å²) in [5, 5.41) is 2.85. The number of benzene rings is 3. The number of carbonyl (C=O) groups is 2. The molecule has 5 nitrogen and oxygen atoms in total. The third-order valence-corrected chi connectivity index (χ3v) is 5.94. The molecule has 0 bridgehead atoms. The zero-order valence-electron chi connectivity index (χ0n) is 20.0. The summed E-state index contributed by atoms with van der Waals surface area (Å²) in [7, 11) is 0. The minimum atomic E-state index is -4.44. The molecule has 1 N–H and O–H groups in total. The van der Waals surface area contributed by atoms with Gasteiger partial charge in [-0.25, -0.2) is 0 Å². The van der Waals surface area contributed by atoms with Crippen LogP contribution in [0.4, 0.5) is 24.5 Å². The SMILES string of the molecule is Cc1cccc(-c2ccc(C(F)(F)F)cc2)c1C(=O)Nc1ccc(N(C=O)CCc2ccccn2)cc1. The molecule has 0 aliphatic heterocycles. The van der Waals surface area contributed by atoms with Gasteiger partial charge in [0, 0.05) is 36.2 Å². The van der Waals surface area contributed by atoms with E-state index in [0.717, 1.165) is 24.2 Å². The van der Waals surface area contributed by atoms with Gasteiger partial charge >= 0.3 is 6.18 Å². The summed E-state index contributed by atoms with van der Waals surface area (Å²) in [5.41, 5.74) is 3.41. The number of anilines is 2. The molecule has 0 fully saturated rings. The Bertz CT molecular complexity index is 1370. The van der Waals surface area contributed by atoms with Gasteiger partial charge in [0.15, 0.2) is 0 Å². The van der Waals surface area contributed by atoms with Crippen LogP contribution < -0.4 is 10.2 Å². The number of hydrogen-bond donors (Lipinski definition) is 1. The first kappa shape index (κ1) is 25.6. The highest BCUT2D eigenvalue weighted by atomic mass is 19.4. The van der Waals surface area contributed by atoms with E-state index in [-0.39, 0.29) is 5.91 Å². The number of halogens is 3. The number of hydrogen-bond acceptors (Lipinski definition) is 3. The number of amides is 2. The van der Waals surface area contributed by atoms with Crippen molar-refractivity contribution < 1.29 is 22.8 Å². The Morgan fingerprint density at radius 2 is 1.68 bits per heavy atom. The van der Waals surface area contributed by atoms with Gasteiger partial charge in [-0.3, -0.25) is 14.6 Å². The lowest BCUT2D eigenvalue weighted by molar-refractivity contribution is -0.137. The van der Waals surface area contributed by atoms with Crippen LogP contribution in [0.25, 0.3) is 11.1 Å². The van der Waals surface area contributed by atoms with Crippen LogP contribution in [0.3, 0.4) is 0 Å². The molecule has 0 aliphatic carbocycles. The largest absolute Gasteiger partial charge is 0.416 e. The summed E-state index contributed by atoms with van der Waals surface area (Å²) in [6.45, 7) is 2.22. The van der Waals surface area contributed by atoms with E-state index < -0.39 is 11.7 Å². The first-order valence-electron chi connectivity index (χ1n) is 11.6. The molecule has 0 saturated heterocycles. The molecule has 8 heteroatoms. The summed E-state index contributed by atoms with van der Waals surface area (Å²) < 4.78 is 38.9. The van der Waals surface area contributed by atoms with Crippen molar-refractivity contribution in [2.24, 2.45) is 0 Å². The van der Waals surface area contributed by atoms with Crippen molar-refractivity contribution in [1.29, 1.82) is 0 Å². The molecule has 0 saturated carbocycles. The highest BCUT2D eigenvalue weighted by Crippen LogP contribution is 2.33. The van der Waals surface area contributed by atoms with Gasteiger partial charge in [0.2, 0.25) is 6.41 Å². The van der Waals surface area contributed by atoms with Gasteiger partial charge in [-0.15, -0.1) is 0 Å². The van der Waals surface area contributed by atoms with Crippen molar-refractivity contribution in [3.05, 3.63) is 114 Å². The number of carbonyl (C=O) groups excluding carboxylic acids is 2. The molecular formula is C29H24F3N3O2. The number of aryl methyl sites for hydroxylation is 1. The lowest BCUT2D eigenvalue weighted by Crippen LogP contribution is -2.24. The zero-order valence-corrected chi connectivity index (χ0v) is 20.0. The molecule has 0 aliphatic rings. The predicted molar refractivity (Wildman–Crippen MR) is 137 cm³/mol. The average Bonchev–Trinajstić information content (AvgIpc) is 2.90. The fraction of sp³-hybridized carbons (Fsp3) is 0.138. The summed E-state index contributed by atoms with van der Waals surface area (Å²) in [6.07, 6.45) is -1.39. The fourth-order valence-electron chi connectivity index (χ4n) is 4.00. The van der Waals surface area contributed by atoms with Crippen LogP contribution in [0.5, 0.6) is 0 Å². The topological polar surface area (TPSA) is 62.3 Å². The summed E-state index contributed by atoms with van der Waals surface area (Å²) in [4.78, 5) is 30.7. The quantitative estimate of drug-likeness (QED) is 0.278. The van der Waals surface area contributed by atoms with Crippen LogP contribution in [0, 0.1) is 6.92 Å². The summed E-state index contributed by atoms with van der Waals surface area (Å²) in [6, 6.07) is 22.4. The van der Waals surface area contributed by atoms with Crippen molar-refractivity contribution in [2.75, 3.05) is 16.8 Å². The Labute approximate surface area is 212 Å². The number of nitrogens with zero attached hydrogens (tertiary/aromatic N) is 2. The lowest BCUT2D eigenvalue weighted by Gasteiger charge is -2.18. The van der Waals surface area contributed by atoms with E-state index in [9.17, 15) is 22.8 Å². The van der Waals surface area contributed by atoms with Crippen molar-refractivity contribution in [2.45, 2.75) is 19.5 Å². The van der Waals surface area contributed by atoms with E-state index in [2.05, 4.69) is 10.3 Å². The van der Waals surface area contributed by atoms with Gasteiger partial charge in [0.05, 0.1) is 11.1 Å². The Kier molecular flexibility index (Phi) is 7.67. The van der Waals surface area contributed by atoms with Gasteiger partial charge in [0.1, 0.15) is 0 Å². The number of rotatable bonds is 8. The highest BCUT2D eigenvalue weighted by Gasteiger charge is 2.30. The smallest absolute Gasteiger partial charge is 0.322 e. The second-order valence-corrected chi connectivity index (χ2v) is 8.44. The van der Waals surface area contributed by atoms with E-state index in [1.807, 2.05) is 18.2 Å². The molecule has 0 radical (unpaired) electrons. The Morgan fingerprint density at radius 1 is 0.946 bits per heavy atom. The van der Waals surface area contributed by atoms with Gasteiger partial charge in [-0.2, -0.15) is 13.2 Å². The molecule has 3 aromatic carbocycles. The molecule has 1 heterocycles. The third-order valence-electron chi connectivity index (χ3n) is 5.94. The van der Waals surface area contributed by atoms with Gasteiger partial charge in [-0.1, -0.05) is 36.4 Å². The highest BCUT2D eigenvalue weighted by molar-refractivity contribution is 6.09. The number of alkyl halides is 3. The van der Waals surface area contributed by atoms with Crippen LogP contribution in [-0.2, 0) is 17.4 Å². The second kappa shape index (κ2) is 11.1. The van der Waals surface area contributed by atoms with E-state index in [4.69, 9.17) is 0 Å². The van der Waals surface area contributed by atoms with Crippen molar-refractivity contribution in [1.82, 2.24) is 4.98 Å². The maximum atomic E-state index is 13.2. The molecule has 0 unspecified atom stereocenters. The van der Waals surface area contributed by atoms with Crippen molar-refractivity contribution in [3.8, 4) is 11.1 Å². The van der Waals surface area contributed by atoms with E-state index >= 15 is 0 Å². The van der Waals surface area contributed by atoms with Crippen LogP contribution in [0.2, 0.25) is 0 Å². The molecule has 37 heavy (non-hydrogen) atoms. The van der Waals surface area contributed by atoms with Crippen LogP contribution in [0.15, 0.2) is 91.1 Å². The van der Waals surface area contributed by atoms with Gasteiger partial charge < -0.3 is 10.2 Å². The number of pyridine rings is 1. The molecule has 1 aromatic heterocycles. The Morgan fingerprint density at radius 3 is 2.30 bits per heavy atom. The molecule has 4 rings (SSSR count). The Hall–Kier alpha value is -4.46. The summed E-state index contributed by atoms with van der Waals surface area (Å²) in [5.74, 6) is -0.386. The van der Waals surface area contributed by atoms with E-state index in [0.29, 0.717) is 46.6 Å². The predicted octanol–water partition coefficient (Wildman–Crippen LogP) is 6.53. The van der Waals surface area contributed by atoms with E-state index in [1.165, 1.54) is 12.1 Å². The maximum absolute atomic E-state index is 13.2. The zero-order chi connectivity index (χ0) is 26.4. The second-order valence-electron chi connectivity index (χ2n) is 8.44. The first-order valence-corrected chi connectivity index (χ1v) is 11.6. The van der Waals surface area contributed by atoms with Gasteiger partial charge in [-0.05, 0) is 72.1 Å². The monoisotopic (exact) mass is 503 g/mol. The maximum Gasteiger partial charge on any atom is 0.416 e. The summed E-state index contributed by atoms with van der Waals surface area (Å²) >= 11 is 0. The Balaban J connectivity index is 1.50. The third kappa shape index (κ3) is 6.22. The molecule has 4 aromatic rings. The average molecular weight is 504 g/mol. The molecule has 2 amide bonds. The normalized spacial score (nSPS) is 11.1.